The van der Waals surface area contributed by atoms with E-state index in [0.717, 1.165) is 49.9 Å². The normalized spacial score (nSPS) is 13.3. The van der Waals surface area contributed by atoms with Crippen molar-refractivity contribution in [3.8, 4) is 0 Å². The Morgan fingerprint density at radius 1 is 1.43 bits per heavy atom. The van der Waals surface area contributed by atoms with Gasteiger partial charge in [0, 0.05) is 26.1 Å². The molecule has 0 spiro atoms. The molecule has 0 saturated heterocycles. The third-order valence-corrected chi connectivity index (χ3v) is 5.09. The Morgan fingerprint density at radius 3 is 3.10 bits per heavy atom. The van der Waals surface area contributed by atoms with Gasteiger partial charge < -0.3 is 10.1 Å². The molecule has 6 heteroatoms. The first-order valence-corrected chi connectivity index (χ1v) is 8.15. The second-order valence-electron chi connectivity index (χ2n) is 5.18. The van der Waals surface area contributed by atoms with Crippen LogP contribution in [0.4, 0.5) is 5.82 Å². The molecule has 2 aromatic rings. The highest BCUT2D eigenvalue weighted by Crippen LogP contribution is 2.23. The minimum absolute atomic E-state index is 0.781. The molecule has 0 fully saturated rings. The van der Waals surface area contributed by atoms with Gasteiger partial charge in [0.2, 0.25) is 0 Å². The molecular weight excluding hydrogens is 284 g/mol. The lowest BCUT2D eigenvalue weighted by atomic mass is 10.2. The molecule has 112 valence electrons. The summed E-state index contributed by atoms with van der Waals surface area (Å²) in [5, 5.41) is 4.78. The molecule has 0 bridgehead atoms. The van der Waals surface area contributed by atoms with E-state index in [1.54, 1.807) is 0 Å². The van der Waals surface area contributed by atoms with E-state index >= 15 is 0 Å². The van der Waals surface area contributed by atoms with Crippen molar-refractivity contribution in [2.24, 2.45) is 0 Å². The fourth-order valence-corrected chi connectivity index (χ4v) is 3.77. The Morgan fingerprint density at radius 2 is 2.29 bits per heavy atom. The van der Waals surface area contributed by atoms with Crippen LogP contribution in [0.5, 0.6) is 0 Å². The van der Waals surface area contributed by atoms with Crippen LogP contribution >= 0.6 is 11.3 Å². The molecule has 1 N–H and O–H groups in total. The van der Waals surface area contributed by atoms with Crippen LogP contribution in [-0.4, -0.2) is 23.2 Å². The van der Waals surface area contributed by atoms with E-state index in [1.165, 1.54) is 15.6 Å². The number of fused-ring (bicyclic) bond motifs is 2. The third kappa shape index (κ3) is 2.91. The first-order chi connectivity index (χ1) is 10.2. The number of anilines is 1. The van der Waals surface area contributed by atoms with E-state index in [1.807, 2.05) is 31.4 Å². The maximum absolute atomic E-state index is 5.48. The van der Waals surface area contributed by atoms with Gasteiger partial charge >= 0.3 is 0 Å². The lowest BCUT2D eigenvalue weighted by molar-refractivity contribution is -0.695. The predicted molar refractivity (Wildman–Crippen MR) is 82.6 cm³/mol. The highest BCUT2D eigenvalue weighted by atomic mass is 32.1. The Kier molecular flexibility index (Phi) is 4.17. The van der Waals surface area contributed by atoms with Gasteiger partial charge in [-0.1, -0.05) is 11.3 Å². The number of aromatic nitrogens is 3. The largest absolute Gasteiger partial charge is 0.381 e. The number of thiazole rings is 1. The zero-order valence-electron chi connectivity index (χ0n) is 12.8. The second kappa shape index (κ2) is 6.07. The Hall–Kier alpha value is -1.53. The van der Waals surface area contributed by atoms with Gasteiger partial charge in [0.1, 0.15) is 18.2 Å². The number of hydrogen-bond donors (Lipinski definition) is 1. The van der Waals surface area contributed by atoms with E-state index < -0.39 is 0 Å². The van der Waals surface area contributed by atoms with Gasteiger partial charge in [0.25, 0.3) is 5.01 Å². The molecule has 0 amide bonds. The van der Waals surface area contributed by atoms with E-state index in [2.05, 4.69) is 26.8 Å². The SMILES string of the molecule is CCOCCc1sc2[n+](c1C)Cc1cnc(C)nc1NC2. The minimum atomic E-state index is 0.781. The predicted octanol–water partition coefficient (Wildman–Crippen LogP) is 2.00. The van der Waals surface area contributed by atoms with Crippen molar-refractivity contribution < 1.29 is 9.30 Å². The standard InChI is InChI=1S/C15H21N4OS/c1-4-20-6-5-13-10(2)19-9-12-7-16-11(3)18-15(12)17-8-14(19)21-13/h7H,4-6,8-9H2,1-3H3,(H,16,17,18)/q+1. The first kappa shape index (κ1) is 14.4. The molecule has 0 aliphatic carbocycles. The van der Waals surface area contributed by atoms with Crippen LogP contribution in [0.25, 0.3) is 0 Å². The number of nitrogens with one attached hydrogen (secondary N) is 1. The fourth-order valence-electron chi connectivity index (χ4n) is 2.58. The van der Waals surface area contributed by atoms with Crippen LogP contribution in [0.15, 0.2) is 6.20 Å². The Labute approximate surface area is 129 Å². The van der Waals surface area contributed by atoms with Crippen molar-refractivity contribution in [1.29, 1.82) is 0 Å². The van der Waals surface area contributed by atoms with Gasteiger partial charge in [0.05, 0.1) is 17.0 Å². The quantitative estimate of drug-likeness (QED) is 0.693. The fraction of sp³-hybridized carbons (Fsp3) is 0.533. The van der Waals surface area contributed by atoms with Crippen LogP contribution in [0.2, 0.25) is 0 Å². The maximum atomic E-state index is 5.48. The monoisotopic (exact) mass is 305 g/mol. The van der Waals surface area contributed by atoms with E-state index in [4.69, 9.17) is 4.74 Å². The number of nitrogens with zero attached hydrogens (tertiary/aromatic N) is 3. The van der Waals surface area contributed by atoms with Crippen molar-refractivity contribution in [1.82, 2.24) is 9.97 Å². The summed E-state index contributed by atoms with van der Waals surface area (Å²) in [5.74, 6) is 1.78. The molecule has 1 aliphatic heterocycles. The molecule has 2 aromatic heterocycles. The topological polar surface area (TPSA) is 50.9 Å². The van der Waals surface area contributed by atoms with Gasteiger partial charge in [-0.05, 0) is 13.8 Å². The minimum Gasteiger partial charge on any atom is -0.381 e. The van der Waals surface area contributed by atoms with Crippen LogP contribution in [0.1, 0.15) is 33.9 Å². The molecule has 3 rings (SSSR count). The molecule has 0 atom stereocenters. The summed E-state index contributed by atoms with van der Waals surface area (Å²) in [6.45, 7) is 9.40. The summed E-state index contributed by atoms with van der Waals surface area (Å²) in [6, 6.07) is 0. The van der Waals surface area contributed by atoms with Gasteiger partial charge in [-0.3, -0.25) is 0 Å². The lowest BCUT2D eigenvalue weighted by Gasteiger charge is -2.04. The zero-order valence-corrected chi connectivity index (χ0v) is 13.6. The van der Waals surface area contributed by atoms with Gasteiger partial charge in [-0.15, -0.1) is 0 Å². The van der Waals surface area contributed by atoms with Gasteiger partial charge in [0.15, 0.2) is 12.2 Å². The Bertz CT molecular complexity index is 653. The van der Waals surface area contributed by atoms with Crippen LogP contribution in [-0.2, 0) is 24.2 Å². The van der Waals surface area contributed by atoms with Gasteiger partial charge in [-0.2, -0.15) is 4.57 Å². The van der Waals surface area contributed by atoms with Crippen molar-refractivity contribution in [3.05, 3.63) is 33.2 Å². The lowest BCUT2D eigenvalue weighted by Crippen LogP contribution is -2.38. The second-order valence-corrected chi connectivity index (χ2v) is 6.35. The molecule has 5 nitrogen and oxygen atoms in total. The third-order valence-electron chi connectivity index (χ3n) is 3.75. The highest BCUT2D eigenvalue weighted by molar-refractivity contribution is 7.11. The summed E-state index contributed by atoms with van der Waals surface area (Å²) in [5.41, 5.74) is 2.49. The molecule has 0 unspecified atom stereocenters. The average Bonchev–Trinajstić information content (AvgIpc) is 2.66. The van der Waals surface area contributed by atoms with E-state index in [9.17, 15) is 0 Å². The highest BCUT2D eigenvalue weighted by Gasteiger charge is 2.27. The summed E-state index contributed by atoms with van der Waals surface area (Å²) in [7, 11) is 0. The van der Waals surface area contributed by atoms with E-state index in [-0.39, 0.29) is 0 Å². The van der Waals surface area contributed by atoms with Crippen molar-refractivity contribution >= 4 is 17.2 Å². The Balaban J connectivity index is 1.87. The number of ether oxygens (including phenoxy) is 1. The summed E-state index contributed by atoms with van der Waals surface area (Å²) < 4.78 is 7.86. The van der Waals surface area contributed by atoms with Gasteiger partial charge in [-0.25, -0.2) is 9.97 Å². The zero-order chi connectivity index (χ0) is 14.8. The summed E-state index contributed by atoms with van der Waals surface area (Å²) >= 11 is 1.87. The van der Waals surface area contributed by atoms with Crippen molar-refractivity contribution in [2.45, 2.75) is 40.3 Å². The summed E-state index contributed by atoms with van der Waals surface area (Å²) in [6.07, 6.45) is 2.92. The molecule has 21 heavy (non-hydrogen) atoms. The van der Waals surface area contributed by atoms with Crippen LogP contribution in [0, 0.1) is 13.8 Å². The molecule has 1 aliphatic rings. The smallest absolute Gasteiger partial charge is 0.257 e. The molecule has 0 aromatic carbocycles. The molecule has 0 saturated carbocycles. The average molecular weight is 305 g/mol. The maximum Gasteiger partial charge on any atom is 0.257 e. The summed E-state index contributed by atoms with van der Waals surface area (Å²) in [4.78, 5) is 10.2. The number of aryl methyl sites for hydroxylation is 1. The van der Waals surface area contributed by atoms with Crippen LogP contribution < -0.4 is 9.88 Å². The van der Waals surface area contributed by atoms with Crippen molar-refractivity contribution in [2.75, 3.05) is 18.5 Å². The molecule has 0 radical (unpaired) electrons. The molecular formula is C15H21N4OS+. The van der Waals surface area contributed by atoms with Crippen molar-refractivity contribution in [3.63, 3.8) is 0 Å². The first-order valence-electron chi connectivity index (χ1n) is 7.34. The number of rotatable bonds is 4. The van der Waals surface area contributed by atoms with Crippen LogP contribution in [0.3, 0.4) is 0 Å². The molecule has 3 heterocycles. The van der Waals surface area contributed by atoms with E-state index in [0.29, 0.717) is 0 Å². The number of hydrogen-bond acceptors (Lipinski definition) is 5.